The molecule has 0 bridgehead atoms. The highest BCUT2D eigenvalue weighted by molar-refractivity contribution is 6.30. The Bertz CT molecular complexity index is 803. The number of aliphatic carboxylic acids is 1. The third kappa shape index (κ3) is 4.22. The van der Waals surface area contributed by atoms with Crippen molar-refractivity contribution in [2.75, 3.05) is 13.1 Å². The molecule has 2 heterocycles. The first-order valence-corrected chi connectivity index (χ1v) is 9.02. The molecule has 1 saturated heterocycles. The predicted octanol–water partition coefficient (Wildman–Crippen LogP) is 2.95. The summed E-state index contributed by atoms with van der Waals surface area (Å²) in [5.41, 5.74) is 0.788. The van der Waals surface area contributed by atoms with E-state index in [0.717, 1.165) is 18.5 Å². The van der Waals surface area contributed by atoms with Crippen LogP contribution in [0.2, 0.25) is 5.02 Å². The van der Waals surface area contributed by atoms with Crippen LogP contribution in [0.25, 0.3) is 5.69 Å². The molecule has 3 rings (SSSR count). The zero-order valence-corrected chi connectivity index (χ0v) is 15.3. The van der Waals surface area contributed by atoms with Gasteiger partial charge in [0.1, 0.15) is 5.82 Å². The van der Waals surface area contributed by atoms with Gasteiger partial charge in [-0.1, -0.05) is 11.6 Å². The fourth-order valence-corrected chi connectivity index (χ4v) is 3.39. The minimum Gasteiger partial charge on any atom is -0.481 e. The molecule has 8 heteroatoms. The van der Waals surface area contributed by atoms with Gasteiger partial charge in [-0.15, -0.1) is 5.10 Å². The van der Waals surface area contributed by atoms with Crippen molar-refractivity contribution in [2.24, 2.45) is 5.92 Å². The molecule has 1 fully saturated rings. The molecule has 7 nitrogen and oxygen atoms in total. The quantitative estimate of drug-likeness (QED) is 0.866. The number of nitrogens with zero attached hydrogens (tertiary/aromatic N) is 4. The van der Waals surface area contributed by atoms with Crippen molar-refractivity contribution in [3.63, 3.8) is 0 Å². The van der Waals surface area contributed by atoms with Crippen LogP contribution in [-0.2, 0) is 4.79 Å². The Morgan fingerprint density at radius 1 is 1.31 bits per heavy atom. The number of amides is 1. The molecule has 1 aromatic carbocycles. The van der Waals surface area contributed by atoms with Gasteiger partial charge in [-0.2, -0.15) is 0 Å². The van der Waals surface area contributed by atoms with Crippen LogP contribution in [0.4, 0.5) is 0 Å². The summed E-state index contributed by atoms with van der Waals surface area (Å²) in [6.45, 7) is 3.00. The third-order valence-corrected chi connectivity index (χ3v) is 4.86. The van der Waals surface area contributed by atoms with Crippen LogP contribution in [0.5, 0.6) is 0 Å². The van der Waals surface area contributed by atoms with Gasteiger partial charge in [-0.05, 0) is 56.4 Å². The zero-order valence-electron chi connectivity index (χ0n) is 14.6. The molecular weight excluding hydrogens is 356 g/mol. The smallest absolute Gasteiger partial charge is 0.303 e. The maximum absolute atomic E-state index is 12.8. The van der Waals surface area contributed by atoms with E-state index in [0.29, 0.717) is 30.4 Å². The summed E-state index contributed by atoms with van der Waals surface area (Å²) in [4.78, 5) is 29.6. The van der Waals surface area contributed by atoms with E-state index >= 15 is 0 Å². The molecule has 0 radical (unpaired) electrons. The maximum atomic E-state index is 12.8. The number of carbonyl (C=O) groups excluding carboxylic acids is 1. The van der Waals surface area contributed by atoms with Crippen LogP contribution in [0.15, 0.2) is 24.3 Å². The Labute approximate surface area is 156 Å². The van der Waals surface area contributed by atoms with E-state index in [2.05, 4.69) is 10.1 Å². The summed E-state index contributed by atoms with van der Waals surface area (Å²) >= 11 is 5.91. The Balaban J connectivity index is 1.72. The molecule has 1 aromatic heterocycles. The van der Waals surface area contributed by atoms with E-state index in [1.54, 1.807) is 28.6 Å². The SMILES string of the molecule is Cc1nc(C(=O)N2CCC[C@@H](CCC(=O)O)C2)nn1-c1ccc(Cl)cc1. The summed E-state index contributed by atoms with van der Waals surface area (Å²) in [6, 6.07) is 7.16. The normalized spacial score (nSPS) is 17.3. The summed E-state index contributed by atoms with van der Waals surface area (Å²) in [6.07, 6.45) is 2.54. The van der Waals surface area contributed by atoms with Gasteiger partial charge in [0.25, 0.3) is 5.91 Å². The molecule has 1 amide bonds. The van der Waals surface area contributed by atoms with E-state index in [1.165, 1.54) is 0 Å². The molecule has 2 aromatic rings. The first-order chi connectivity index (χ1) is 12.4. The minimum absolute atomic E-state index is 0.134. The second kappa shape index (κ2) is 7.86. The van der Waals surface area contributed by atoms with Gasteiger partial charge in [-0.25, -0.2) is 9.67 Å². The van der Waals surface area contributed by atoms with Crippen LogP contribution >= 0.6 is 11.6 Å². The standard InChI is InChI=1S/C18H21ClN4O3/c1-12-20-17(21-23(12)15-7-5-14(19)6-8-15)18(26)22-10-2-3-13(11-22)4-9-16(24)25/h5-8,13H,2-4,9-11H2,1H3,(H,24,25)/t13-/m0/s1. The van der Waals surface area contributed by atoms with Gasteiger partial charge in [0.15, 0.2) is 0 Å². The van der Waals surface area contributed by atoms with Crippen LogP contribution in [0.3, 0.4) is 0 Å². The number of aromatic nitrogens is 3. The van der Waals surface area contributed by atoms with E-state index in [1.807, 2.05) is 12.1 Å². The maximum Gasteiger partial charge on any atom is 0.303 e. The lowest BCUT2D eigenvalue weighted by Gasteiger charge is -2.31. The van der Waals surface area contributed by atoms with Gasteiger partial charge in [-0.3, -0.25) is 9.59 Å². The van der Waals surface area contributed by atoms with Crippen LogP contribution in [0.1, 0.15) is 42.1 Å². The van der Waals surface area contributed by atoms with Gasteiger partial charge in [0, 0.05) is 24.5 Å². The van der Waals surface area contributed by atoms with Crippen molar-refractivity contribution in [1.82, 2.24) is 19.7 Å². The number of hydrogen-bond donors (Lipinski definition) is 1. The molecule has 0 unspecified atom stereocenters. The first kappa shape index (κ1) is 18.4. The topological polar surface area (TPSA) is 88.3 Å². The number of likely N-dealkylation sites (tertiary alicyclic amines) is 1. The fraction of sp³-hybridized carbons (Fsp3) is 0.444. The summed E-state index contributed by atoms with van der Waals surface area (Å²) in [5.74, 6) is -0.0111. The average Bonchev–Trinajstić information content (AvgIpc) is 3.02. The molecule has 1 aliphatic rings. The highest BCUT2D eigenvalue weighted by atomic mass is 35.5. The Hall–Kier alpha value is -2.41. The van der Waals surface area contributed by atoms with E-state index in [4.69, 9.17) is 16.7 Å². The van der Waals surface area contributed by atoms with Crippen molar-refractivity contribution >= 4 is 23.5 Å². The summed E-state index contributed by atoms with van der Waals surface area (Å²) < 4.78 is 1.62. The number of carboxylic acid groups (broad SMARTS) is 1. The number of carbonyl (C=O) groups is 2. The molecule has 1 atom stereocenters. The second-order valence-electron chi connectivity index (χ2n) is 6.56. The number of carboxylic acids is 1. The highest BCUT2D eigenvalue weighted by Crippen LogP contribution is 2.22. The van der Waals surface area contributed by atoms with Crippen molar-refractivity contribution in [3.05, 3.63) is 40.9 Å². The lowest BCUT2D eigenvalue weighted by atomic mass is 9.93. The van der Waals surface area contributed by atoms with E-state index in [-0.39, 0.29) is 24.1 Å². The summed E-state index contributed by atoms with van der Waals surface area (Å²) in [5, 5.41) is 13.8. The monoisotopic (exact) mass is 376 g/mol. The van der Waals surface area contributed by atoms with Gasteiger partial charge in [0.2, 0.25) is 5.82 Å². The van der Waals surface area contributed by atoms with Crippen molar-refractivity contribution in [1.29, 1.82) is 0 Å². The van der Waals surface area contributed by atoms with Crippen molar-refractivity contribution < 1.29 is 14.7 Å². The fourth-order valence-electron chi connectivity index (χ4n) is 3.26. The van der Waals surface area contributed by atoms with Gasteiger partial charge in [0.05, 0.1) is 5.69 Å². The number of hydrogen-bond acceptors (Lipinski definition) is 4. The molecular formula is C18H21ClN4O3. The lowest BCUT2D eigenvalue weighted by Crippen LogP contribution is -2.40. The number of benzene rings is 1. The zero-order chi connectivity index (χ0) is 18.7. The highest BCUT2D eigenvalue weighted by Gasteiger charge is 2.27. The second-order valence-corrected chi connectivity index (χ2v) is 7.00. The van der Waals surface area contributed by atoms with E-state index in [9.17, 15) is 9.59 Å². The van der Waals surface area contributed by atoms with Crippen molar-refractivity contribution in [2.45, 2.75) is 32.6 Å². The molecule has 0 saturated carbocycles. The Kier molecular flexibility index (Phi) is 5.56. The number of aryl methyl sites for hydroxylation is 1. The minimum atomic E-state index is -0.799. The average molecular weight is 377 g/mol. The Morgan fingerprint density at radius 3 is 2.73 bits per heavy atom. The number of piperidine rings is 1. The largest absolute Gasteiger partial charge is 0.481 e. The molecule has 138 valence electrons. The molecule has 0 aliphatic carbocycles. The van der Waals surface area contributed by atoms with Crippen molar-refractivity contribution in [3.8, 4) is 5.69 Å². The summed E-state index contributed by atoms with van der Waals surface area (Å²) in [7, 11) is 0. The third-order valence-electron chi connectivity index (χ3n) is 4.60. The molecule has 0 spiro atoms. The van der Waals surface area contributed by atoms with Gasteiger partial charge < -0.3 is 10.0 Å². The Morgan fingerprint density at radius 2 is 2.04 bits per heavy atom. The molecule has 1 aliphatic heterocycles. The molecule has 1 N–H and O–H groups in total. The number of halogens is 1. The van der Waals surface area contributed by atoms with Crippen LogP contribution in [0, 0.1) is 12.8 Å². The predicted molar refractivity (Wildman–Crippen MR) is 96.6 cm³/mol. The van der Waals surface area contributed by atoms with E-state index < -0.39 is 5.97 Å². The number of rotatable bonds is 5. The van der Waals surface area contributed by atoms with Gasteiger partial charge >= 0.3 is 5.97 Å². The lowest BCUT2D eigenvalue weighted by molar-refractivity contribution is -0.137. The van der Waals surface area contributed by atoms with Crippen LogP contribution < -0.4 is 0 Å². The van der Waals surface area contributed by atoms with Crippen LogP contribution in [-0.4, -0.2) is 49.7 Å². The molecule has 26 heavy (non-hydrogen) atoms. The first-order valence-electron chi connectivity index (χ1n) is 8.64.